The maximum atomic E-state index is 10.2. The van der Waals surface area contributed by atoms with Gasteiger partial charge >= 0.3 is 5.97 Å². The highest BCUT2D eigenvalue weighted by molar-refractivity contribution is 5.66. The van der Waals surface area contributed by atoms with Crippen LogP contribution in [0.1, 0.15) is 33.1 Å². The quantitative estimate of drug-likeness (QED) is 0.568. The molecule has 1 unspecified atom stereocenters. The van der Waals surface area contributed by atoms with Gasteiger partial charge in [0.2, 0.25) is 0 Å². The molecule has 0 heterocycles. The Bertz CT molecular complexity index is 174. The summed E-state index contributed by atoms with van der Waals surface area (Å²) in [6.07, 6.45) is 2.13. The summed E-state index contributed by atoms with van der Waals surface area (Å²) in [5.74, 6) is -0.714. The van der Waals surface area contributed by atoms with Gasteiger partial charge in [0, 0.05) is 25.6 Å². The number of carboxylic acid groups (broad SMARTS) is 1. The van der Waals surface area contributed by atoms with Gasteiger partial charge in [0.1, 0.15) is 0 Å². The second-order valence-corrected chi connectivity index (χ2v) is 3.99. The predicted molar refractivity (Wildman–Crippen MR) is 62.1 cm³/mol. The number of aliphatic carboxylic acids is 1. The fraction of sp³-hybridized carbons (Fsp3) is 0.909. The Morgan fingerprint density at radius 2 is 2.13 bits per heavy atom. The third-order valence-electron chi connectivity index (χ3n) is 2.73. The first kappa shape index (κ1) is 14.4. The summed E-state index contributed by atoms with van der Waals surface area (Å²) in [5.41, 5.74) is 0. The molecule has 0 saturated carbocycles. The highest BCUT2D eigenvalue weighted by Gasteiger charge is 2.04. The van der Waals surface area contributed by atoms with Gasteiger partial charge < -0.3 is 15.3 Å². The van der Waals surface area contributed by atoms with Crippen LogP contribution < -0.4 is 5.32 Å². The van der Waals surface area contributed by atoms with Gasteiger partial charge in [0.05, 0.1) is 0 Å². The average Bonchev–Trinajstić information content (AvgIpc) is 2.21. The summed E-state index contributed by atoms with van der Waals surface area (Å²) in [7, 11) is 2.12. The predicted octanol–water partition coefficient (Wildman–Crippen LogP) is 1.17. The lowest BCUT2D eigenvalue weighted by molar-refractivity contribution is -0.137. The van der Waals surface area contributed by atoms with Crippen molar-refractivity contribution in [1.82, 2.24) is 10.2 Å². The van der Waals surface area contributed by atoms with Crippen molar-refractivity contribution in [2.75, 3.05) is 26.7 Å². The number of carboxylic acids is 1. The lowest BCUT2D eigenvalue weighted by Crippen LogP contribution is -2.35. The largest absolute Gasteiger partial charge is 0.481 e. The zero-order chi connectivity index (χ0) is 11.7. The molecule has 15 heavy (non-hydrogen) atoms. The highest BCUT2D eigenvalue weighted by atomic mass is 16.4. The molecule has 0 aromatic carbocycles. The average molecular weight is 216 g/mol. The van der Waals surface area contributed by atoms with Crippen LogP contribution in [0.25, 0.3) is 0 Å². The van der Waals surface area contributed by atoms with E-state index in [1.165, 1.54) is 0 Å². The molecule has 2 N–H and O–H groups in total. The normalized spacial score (nSPS) is 13.1. The van der Waals surface area contributed by atoms with E-state index in [-0.39, 0.29) is 6.42 Å². The molecule has 0 aliphatic carbocycles. The SMILES string of the molecule is CCC(C)N(C)CCNCCCC(=O)O. The molecule has 0 fully saturated rings. The van der Waals surface area contributed by atoms with E-state index in [4.69, 9.17) is 5.11 Å². The third-order valence-corrected chi connectivity index (χ3v) is 2.73. The van der Waals surface area contributed by atoms with E-state index in [1.807, 2.05) is 0 Å². The molecule has 0 aromatic heterocycles. The molecule has 0 aliphatic rings. The Labute approximate surface area is 92.7 Å². The summed E-state index contributed by atoms with van der Waals surface area (Å²) < 4.78 is 0. The standard InChI is InChI=1S/C11H24N2O2/c1-4-10(2)13(3)9-8-12-7-5-6-11(14)15/h10,12H,4-9H2,1-3H3,(H,14,15). The number of hydrogen-bond acceptors (Lipinski definition) is 3. The number of nitrogens with zero attached hydrogens (tertiary/aromatic N) is 1. The molecular weight excluding hydrogens is 192 g/mol. The fourth-order valence-electron chi connectivity index (χ4n) is 1.28. The van der Waals surface area contributed by atoms with Gasteiger partial charge in [-0.2, -0.15) is 0 Å². The van der Waals surface area contributed by atoms with E-state index in [1.54, 1.807) is 0 Å². The number of carbonyl (C=O) groups is 1. The van der Waals surface area contributed by atoms with Crippen LogP contribution >= 0.6 is 0 Å². The number of likely N-dealkylation sites (N-methyl/N-ethyl adjacent to an activating group) is 1. The minimum atomic E-state index is -0.714. The number of hydrogen-bond donors (Lipinski definition) is 2. The molecule has 0 rings (SSSR count). The molecular formula is C11H24N2O2. The maximum absolute atomic E-state index is 10.2. The van der Waals surface area contributed by atoms with Crippen molar-refractivity contribution in [3.8, 4) is 0 Å². The Hall–Kier alpha value is -0.610. The topological polar surface area (TPSA) is 52.6 Å². The number of rotatable bonds is 9. The second-order valence-electron chi connectivity index (χ2n) is 3.99. The maximum Gasteiger partial charge on any atom is 0.303 e. The highest BCUT2D eigenvalue weighted by Crippen LogP contribution is 1.98. The van der Waals surface area contributed by atoms with Crippen molar-refractivity contribution >= 4 is 5.97 Å². The van der Waals surface area contributed by atoms with E-state index in [0.717, 1.165) is 26.1 Å². The lowest BCUT2D eigenvalue weighted by Gasteiger charge is -2.23. The van der Waals surface area contributed by atoms with E-state index in [2.05, 4.69) is 31.1 Å². The molecule has 0 aliphatic heterocycles. The van der Waals surface area contributed by atoms with E-state index in [9.17, 15) is 4.79 Å². The minimum absolute atomic E-state index is 0.258. The first-order valence-corrected chi connectivity index (χ1v) is 5.70. The molecule has 0 bridgehead atoms. The number of nitrogens with one attached hydrogen (secondary N) is 1. The molecule has 0 saturated heterocycles. The van der Waals surface area contributed by atoms with Crippen LogP contribution in [0, 0.1) is 0 Å². The van der Waals surface area contributed by atoms with Gasteiger partial charge in [-0.25, -0.2) is 0 Å². The van der Waals surface area contributed by atoms with E-state index in [0.29, 0.717) is 12.5 Å². The molecule has 4 nitrogen and oxygen atoms in total. The van der Waals surface area contributed by atoms with Gasteiger partial charge in [0.25, 0.3) is 0 Å². The second kappa shape index (κ2) is 8.68. The smallest absolute Gasteiger partial charge is 0.303 e. The van der Waals surface area contributed by atoms with Crippen LogP contribution in [0.15, 0.2) is 0 Å². The van der Waals surface area contributed by atoms with Crippen LogP contribution in [-0.4, -0.2) is 48.7 Å². The van der Waals surface area contributed by atoms with E-state index >= 15 is 0 Å². The lowest BCUT2D eigenvalue weighted by atomic mass is 10.2. The molecule has 90 valence electrons. The zero-order valence-corrected chi connectivity index (χ0v) is 10.1. The van der Waals surface area contributed by atoms with Crippen molar-refractivity contribution in [3.05, 3.63) is 0 Å². The van der Waals surface area contributed by atoms with Crippen molar-refractivity contribution in [2.24, 2.45) is 0 Å². The summed E-state index contributed by atoms with van der Waals surface area (Å²) in [5, 5.41) is 11.7. The van der Waals surface area contributed by atoms with Crippen LogP contribution in [0.4, 0.5) is 0 Å². The Morgan fingerprint density at radius 3 is 2.67 bits per heavy atom. The summed E-state index contributed by atoms with van der Waals surface area (Å²) in [6.45, 7) is 7.13. The molecule has 1 atom stereocenters. The fourth-order valence-corrected chi connectivity index (χ4v) is 1.28. The minimum Gasteiger partial charge on any atom is -0.481 e. The monoisotopic (exact) mass is 216 g/mol. The van der Waals surface area contributed by atoms with Crippen LogP contribution in [-0.2, 0) is 4.79 Å². The molecule has 0 aromatic rings. The van der Waals surface area contributed by atoms with Crippen LogP contribution in [0.3, 0.4) is 0 Å². The van der Waals surface area contributed by atoms with Gasteiger partial charge in [-0.15, -0.1) is 0 Å². The van der Waals surface area contributed by atoms with Crippen LogP contribution in [0.5, 0.6) is 0 Å². The molecule has 0 spiro atoms. The Morgan fingerprint density at radius 1 is 1.47 bits per heavy atom. The summed E-state index contributed by atoms with van der Waals surface area (Å²) in [6, 6.07) is 0.616. The summed E-state index contributed by atoms with van der Waals surface area (Å²) >= 11 is 0. The van der Waals surface area contributed by atoms with E-state index < -0.39 is 5.97 Å². The van der Waals surface area contributed by atoms with Crippen molar-refractivity contribution in [2.45, 2.75) is 39.2 Å². The van der Waals surface area contributed by atoms with Gasteiger partial charge in [-0.1, -0.05) is 6.92 Å². The Kier molecular flexibility index (Phi) is 8.33. The zero-order valence-electron chi connectivity index (χ0n) is 10.1. The van der Waals surface area contributed by atoms with Gasteiger partial charge in [0.15, 0.2) is 0 Å². The van der Waals surface area contributed by atoms with Crippen LogP contribution in [0.2, 0.25) is 0 Å². The van der Waals surface area contributed by atoms with Crippen molar-refractivity contribution in [3.63, 3.8) is 0 Å². The molecule has 0 amide bonds. The molecule has 0 radical (unpaired) electrons. The third kappa shape index (κ3) is 8.39. The Balaban J connectivity index is 3.27. The first-order valence-electron chi connectivity index (χ1n) is 5.70. The summed E-state index contributed by atoms with van der Waals surface area (Å²) in [4.78, 5) is 12.5. The van der Waals surface area contributed by atoms with Crippen molar-refractivity contribution < 1.29 is 9.90 Å². The van der Waals surface area contributed by atoms with Crippen molar-refractivity contribution in [1.29, 1.82) is 0 Å². The molecule has 4 heteroatoms. The van der Waals surface area contributed by atoms with Gasteiger partial charge in [-0.05, 0) is 33.4 Å². The first-order chi connectivity index (χ1) is 7.07. The van der Waals surface area contributed by atoms with Gasteiger partial charge in [-0.3, -0.25) is 4.79 Å².